The minimum Gasteiger partial charge on any atom is -0.390 e. The Labute approximate surface area is 227 Å². The molecule has 1 unspecified atom stereocenters. The maximum absolute atomic E-state index is 14.1. The third kappa shape index (κ3) is 6.29. The van der Waals surface area contributed by atoms with Crippen molar-refractivity contribution in [1.29, 1.82) is 5.26 Å². The van der Waals surface area contributed by atoms with Crippen LogP contribution in [0.2, 0.25) is 0 Å². The van der Waals surface area contributed by atoms with Crippen molar-refractivity contribution in [2.45, 2.75) is 60.9 Å². The Bertz CT molecular complexity index is 1310. The Morgan fingerprint density at radius 3 is 2.38 bits per heavy atom. The van der Waals surface area contributed by atoms with Crippen LogP contribution in [0.5, 0.6) is 0 Å². The summed E-state index contributed by atoms with van der Waals surface area (Å²) in [7, 11) is -8.63. The third-order valence-electron chi connectivity index (χ3n) is 7.03. The van der Waals surface area contributed by atoms with E-state index in [9.17, 15) is 39.4 Å². The van der Waals surface area contributed by atoms with Crippen LogP contribution in [0.15, 0.2) is 53.7 Å². The van der Waals surface area contributed by atoms with E-state index < -0.39 is 56.8 Å². The molecular formula is C25H28F5N5O4S. The number of methoxy groups -OCH3 is 1. The first-order chi connectivity index (χ1) is 18.4. The van der Waals surface area contributed by atoms with Gasteiger partial charge in [-0.25, -0.2) is 0 Å². The van der Waals surface area contributed by atoms with Gasteiger partial charge in [-0.1, -0.05) is 25.5 Å². The number of ether oxygens (including phenoxy) is 1. The summed E-state index contributed by atoms with van der Waals surface area (Å²) in [5.41, 5.74) is -1.09. The SMILES string of the molecule is CO[C@@H]1C[C@H](C(=O)N(c2ccc(S(F)(F)(F)(F)F)cc2)C(C(=O)NC2CC(C)(O)C2)c2cccnc2)N(C#N)C1. The highest BCUT2D eigenvalue weighted by molar-refractivity contribution is 8.45. The van der Waals surface area contributed by atoms with E-state index in [1.54, 1.807) is 6.92 Å². The fourth-order valence-corrected chi connectivity index (χ4v) is 5.73. The van der Waals surface area contributed by atoms with Gasteiger partial charge in [0, 0.05) is 43.2 Å². The number of likely N-dealkylation sites (tertiary alicyclic amines) is 1. The maximum Gasteiger partial charge on any atom is 0.310 e. The Balaban J connectivity index is 1.81. The van der Waals surface area contributed by atoms with Crippen LogP contribution in [0, 0.1) is 11.5 Å². The van der Waals surface area contributed by atoms with Gasteiger partial charge >= 0.3 is 10.2 Å². The van der Waals surface area contributed by atoms with Crippen molar-refractivity contribution in [2.75, 3.05) is 18.6 Å². The molecule has 3 atom stereocenters. The minimum absolute atomic E-state index is 0.0375. The molecule has 1 saturated heterocycles. The summed E-state index contributed by atoms with van der Waals surface area (Å²) in [4.78, 5) is 31.6. The molecule has 40 heavy (non-hydrogen) atoms. The predicted molar refractivity (Wildman–Crippen MR) is 136 cm³/mol. The van der Waals surface area contributed by atoms with Gasteiger partial charge in [-0.15, -0.1) is 0 Å². The van der Waals surface area contributed by atoms with E-state index in [4.69, 9.17) is 4.74 Å². The zero-order valence-electron chi connectivity index (χ0n) is 21.5. The molecule has 2 amide bonds. The molecule has 218 valence electrons. The number of aromatic nitrogens is 1. The van der Waals surface area contributed by atoms with Crippen molar-refractivity contribution in [3.63, 3.8) is 0 Å². The van der Waals surface area contributed by atoms with Gasteiger partial charge in [-0.2, -0.15) is 5.26 Å². The summed E-state index contributed by atoms with van der Waals surface area (Å²) in [6.07, 6.45) is 4.57. The smallest absolute Gasteiger partial charge is 0.310 e. The molecule has 0 bridgehead atoms. The van der Waals surface area contributed by atoms with E-state index in [1.807, 2.05) is 6.19 Å². The van der Waals surface area contributed by atoms with Gasteiger partial charge in [0.2, 0.25) is 5.91 Å². The number of hydrogen-bond donors (Lipinski definition) is 2. The molecule has 0 radical (unpaired) electrons. The van der Waals surface area contributed by atoms with Crippen molar-refractivity contribution >= 4 is 27.7 Å². The number of hydrogen-bond acceptors (Lipinski definition) is 7. The standard InChI is InChI=1S/C25H28F5N5O4S/c1-25(38)11-17(12-25)33-23(36)22(16-4-3-9-32-13-16)35(24(37)21-10-19(39-2)14-34(21)15-31)18-5-7-20(8-6-18)40(26,27,28,29)30/h3-9,13,17,19,21-22,38H,10-12,14H2,1-2H3,(H,33,36)/t17?,19-,21-,22?,25?/m1/s1. The molecule has 2 N–H and O–H groups in total. The van der Waals surface area contributed by atoms with Gasteiger partial charge in [0.15, 0.2) is 6.19 Å². The third-order valence-corrected chi connectivity index (χ3v) is 8.20. The number of nitrogens with zero attached hydrogens (tertiary/aromatic N) is 4. The molecule has 9 nitrogen and oxygen atoms in total. The Kier molecular flexibility index (Phi) is 7.05. The fraction of sp³-hybridized carbons (Fsp3) is 0.440. The molecular weight excluding hydrogens is 561 g/mol. The maximum atomic E-state index is 14.1. The van der Waals surface area contributed by atoms with Crippen LogP contribution in [0.3, 0.4) is 0 Å². The second-order valence-corrected chi connectivity index (χ2v) is 12.7. The van der Waals surface area contributed by atoms with Gasteiger partial charge in [0.05, 0.1) is 18.2 Å². The number of amides is 2. The number of aliphatic hydroxyl groups is 1. The monoisotopic (exact) mass is 589 g/mol. The van der Waals surface area contributed by atoms with E-state index in [2.05, 4.69) is 10.3 Å². The molecule has 4 rings (SSSR count). The number of benzene rings is 1. The van der Waals surface area contributed by atoms with Crippen LogP contribution in [0.25, 0.3) is 0 Å². The van der Waals surface area contributed by atoms with Crippen LogP contribution in [-0.4, -0.2) is 64.2 Å². The highest BCUT2D eigenvalue weighted by atomic mass is 32.5. The van der Waals surface area contributed by atoms with Crippen molar-refractivity contribution in [3.8, 4) is 6.19 Å². The summed E-state index contributed by atoms with van der Waals surface area (Å²) >= 11 is 0. The van der Waals surface area contributed by atoms with E-state index in [1.165, 1.54) is 31.6 Å². The van der Waals surface area contributed by atoms with E-state index in [-0.39, 0.29) is 49.2 Å². The summed E-state index contributed by atoms with van der Waals surface area (Å²) in [5.74, 6) is -1.56. The van der Waals surface area contributed by atoms with Gasteiger partial charge in [0.25, 0.3) is 5.91 Å². The van der Waals surface area contributed by atoms with Gasteiger partial charge < -0.3 is 15.2 Å². The van der Waals surface area contributed by atoms with Crippen molar-refractivity contribution in [2.24, 2.45) is 0 Å². The molecule has 2 aliphatic rings. The van der Waals surface area contributed by atoms with E-state index in [0.29, 0.717) is 12.1 Å². The van der Waals surface area contributed by atoms with E-state index in [0.717, 1.165) is 9.80 Å². The molecule has 1 aliphatic carbocycles. The zero-order chi connectivity index (χ0) is 29.6. The molecule has 1 saturated carbocycles. The lowest BCUT2D eigenvalue weighted by atomic mass is 9.77. The lowest BCUT2D eigenvalue weighted by Gasteiger charge is -2.43. The number of carbonyl (C=O) groups excluding carboxylic acids is 2. The number of carbonyl (C=O) groups is 2. The van der Waals surface area contributed by atoms with Crippen LogP contribution in [0.4, 0.5) is 25.1 Å². The van der Waals surface area contributed by atoms with Gasteiger partial charge in [-0.05, 0) is 50.1 Å². The Morgan fingerprint density at radius 1 is 1.23 bits per heavy atom. The molecule has 0 spiro atoms. The number of anilines is 1. The quantitative estimate of drug-likeness (QED) is 0.346. The predicted octanol–water partition coefficient (Wildman–Crippen LogP) is 4.41. The first-order valence-corrected chi connectivity index (χ1v) is 14.2. The number of nitriles is 1. The van der Waals surface area contributed by atoms with Gasteiger partial charge in [0.1, 0.15) is 17.0 Å². The zero-order valence-corrected chi connectivity index (χ0v) is 22.3. The molecule has 1 aromatic carbocycles. The highest BCUT2D eigenvalue weighted by Crippen LogP contribution is 3.02. The topological polar surface area (TPSA) is 119 Å². The van der Waals surface area contributed by atoms with Crippen LogP contribution < -0.4 is 10.2 Å². The first kappa shape index (κ1) is 29.5. The molecule has 1 aliphatic heterocycles. The molecule has 15 heteroatoms. The van der Waals surface area contributed by atoms with Crippen molar-refractivity contribution < 1.29 is 38.9 Å². The Morgan fingerprint density at radius 2 is 1.88 bits per heavy atom. The molecule has 2 aromatic rings. The second-order valence-electron chi connectivity index (χ2n) is 10.3. The Hall–Kier alpha value is -3.48. The summed E-state index contributed by atoms with van der Waals surface area (Å²) in [5, 5.41) is 22.5. The number of pyridine rings is 1. The van der Waals surface area contributed by atoms with Crippen LogP contribution in [0.1, 0.15) is 37.8 Å². The van der Waals surface area contributed by atoms with Crippen molar-refractivity contribution in [3.05, 3.63) is 54.4 Å². The van der Waals surface area contributed by atoms with Gasteiger partial charge in [-0.3, -0.25) is 24.4 Å². The lowest BCUT2D eigenvalue weighted by molar-refractivity contribution is -0.130. The molecule has 2 fully saturated rings. The summed E-state index contributed by atoms with van der Waals surface area (Å²) in [6.45, 7) is 1.65. The fourth-order valence-electron chi connectivity index (χ4n) is 5.08. The second kappa shape index (κ2) is 9.57. The molecule has 1 aromatic heterocycles. The summed E-state index contributed by atoms with van der Waals surface area (Å²) < 4.78 is 72.5. The number of nitrogens with one attached hydrogen (secondary N) is 1. The minimum atomic E-state index is -10.0. The number of halogens is 5. The van der Waals surface area contributed by atoms with Crippen molar-refractivity contribution in [1.82, 2.24) is 15.2 Å². The average Bonchev–Trinajstić information content (AvgIpc) is 3.28. The van der Waals surface area contributed by atoms with Crippen LogP contribution in [-0.2, 0) is 14.3 Å². The average molecular weight is 590 g/mol. The largest absolute Gasteiger partial charge is 0.390 e. The lowest BCUT2D eigenvalue weighted by Crippen LogP contribution is -2.57. The normalized spacial score (nSPS) is 27.0. The highest BCUT2D eigenvalue weighted by Gasteiger charge is 2.65. The molecule has 2 heterocycles. The first-order valence-electron chi connectivity index (χ1n) is 12.2. The van der Waals surface area contributed by atoms with Crippen LogP contribution >= 0.6 is 10.2 Å². The van der Waals surface area contributed by atoms with E-state index >= 15 is 0 Å². The number of rotatable bonds is 8. The summed E-state index contributed by atoms with van der Waals surface area (Å²) in [6, 6.07) is 1.56.